The molecule has 0 saturated carbocycles. The van der Waals surface area contributed by atoms with Crippen LogP contribution in [0.3, 0.4) is 0 Å². The van der Waals surface area contributed by atoms with E-state index in [2.05, 4.69) is 26.8 Å². The zero-order chi connectivity index (χ0) is 23.5. The van der Waals surface area contributed by atoms with Gasteiger partial charge in [0.2, 0.25) is 0 Å². The second kappa shape index (κ2) is 9.01. The summed E-state index contributed by atoms with van der Waals surface area (Å²) in [5.41, 5.74) is -0.129. The molecule has 0 radical (unpaired) electrons. The zero-order valence-corrected chi connectivity index (χ0v) is 17.9. The Bertz CT molecular complexity index is 975. The smallest absolute Gasteiger partial charge is 0.366 e. The number of pyridine rings is 1. The minimum Gasteiger partial charge on any atom is -0.366 e. The lowest BCUT2D eigenvalue weighted by Gasteiger charge is -2.44. The van der Waals surface area contributed by atoms with Gasteiger partial charge in [-0.05, 0) is 38.0 Å². The summed E-state index contributed by atoms with van der Waals surface area (Å²) in [6.07, 6.45) is 1.31. The summed E-state index contributed by atoms with van der Waals surface area (Å²) in [7, 11) is 0. The van der Waals surface area contributed by atoms with E-state index in [0.29, 0.717) is 31.6 Å². The van der Waals surface area contributed by atoms with Gasteiger partial charge in [0.15, 0.2) is 5.82 Å². The first kappa shape index (κ1) is 23.3. The van der Waals surface area contributed by atoms with Crippen molar-refractivity contribution in [1.29, 1.82) is 0 Å². The van der Waals surface area contributed by atoms with E-state index in [1.807, 2.05) is 12.2 Å². The third-order valence-corrected chi connectivity index (χ3v) is 5.54. The number of allylic oxidation sites excluding steroid dienone is 2. The molecule has 2 aliphatic heterocycles. The summed E-state index contributed by atoms with van der Waals surface area (Å²) < 4.78 is 37.5. The number of alkyl halides is 3. The number of aromatic nitrogens is 1. The Morgan fingerprint density at radius 3 is 2.75 bits per heavy atom. The Hall–Kier alpha value is -3.37. The number of carbonyl (C=O) groups excluding carboxylic acids is 2. The van der Waals surface area contributed by atoms with Gasteiger partial charge in [0, 0.05) is 19.3 Å². The van der Waals surface area contributed by atoms with E-state index in [9.17, 15) is 22.8 Å². The summed E-state index contributed by atoms with van der Waals surface area (Å²) in [6.45, 7) is 7.08. The lowest BCUT2D eigenvalue weighted by molar-refractivity contribution is -0.123. The number of nitrogens with one attached hydrogen (secondary N) is 2. The van der Waals surface area contributed by atoms with E-state index in [0.717, 1.165) is 0 Å². The molecule has 3 amide bonds. The third-order valence-electron chi connectivity index (χ3n) is 5.54. The number of halogens is 3. The van der Waals surface area contributed by atoms with Crippen LogP contribution in [0, 0.1) is 0 Å². The average molecular weight is 450 g/mol. The van der Waals surface area contributed by atoms with E-state index in [1.54, 1.807) is 13.0 Å². The topological polar surface area (TPSA) is 89.9 Å². The van der Waals surface area contributed by atoms with Gasteiger partial charge < -0.3 is 10.2 Å². The van der Waals surface area contributed by atoms with Gasteiger partial charge in [0.25, 0.3) is 5.91 Å². The highest BCUT2D eigenvalue weighted by atomic mass is 19.4. The fourth-order valence-electron chi connectivity index (χ4n) is 4.01. The Morgan fingerprint density at radius 1 is 1.38 bits per heavy atom. The van der Waals surface area contributed by atoms with Crippen LogP contribution >= 0.6 is 0 Å². The predicted molar refractivity (Wildman–Crippen MR) is 116 cm³/mol. The number of fused-ring (bicyclic) bond motifs is 4. The van der Waals surface area contributed by atoms with E-state index < -0.39 is 30.2 Å². The lowest BCUT2D eigenvalue weighted by atomic mass is 9.91. The van der Waals surface area contributed by atoms with Crippen LogP contribution in [0.25, 0.3) is 0 Å². The van der Waals surface area contributed by atoms with Crippen LogP contribution in [0.4, 0.5) is 29.5 Å². The summed E-state index contributed by atoms with van der Waals surface area (Å²) in [6, 6.07) is 2.48. The minimum absolute atomic E-state index is 0.201. The predicted octanol–water partition coefficient (Wildman–Crippen LogP) is 3.38. The molecule has 1 aromatic rings. The van der Waals surface area contributed by atoms with Gasteiger partial charge in [-0.3, -0.25) is 15.0 Å². The van der Waals surface area contributed by atoms with E-state index >= 15 is 0 Å². The summed E-state index contributed by atoms with van der Waals surface area (Å²) in [5.74, 6) is -0.460. The first-order chi connectivity index (χ1) is 15.1. The molecule has 3 rings (SSSR count). The summed E-state index contributed by atoms with van der Waals surface area (Å²) in [5, 5.41) is 4.55. The molecule has 172 valence electrons. The average Bonchev–Trinajstić information content (AvgIpc) is 3.12. The Labute approximate surface area is 183 Å². The first-order valence-corrected chi connectivity index (χ1v) is 10.2. The van der Waals surface area contributed by atoms with Crippen LogP contribution in [0.2, 0.25) is 0 Å². The van der Waals surface area contributed by atoms with Crippen molar-refractivity contribution >= 4 is 29.7 Å². The second-order valence-corrected chi connectivity index (χ2v) is 7.53. The maximum atomic E-state index is 13.4. The lowest BCUT2D eigenvalue weighted by Crippen LogP contribution is -2.59. The Kier molecular flexibility index (Phi) is 6.56. The van der Waals surface area contributed by atoms with Crippen molar-refractivity contribution < 1.29 is 22.8 Å². The van der Waals surface area contributed by atoms with E-state index in [4.69, 9.17) is 0 Å². The molecule has 0 spiro atoms. The number of aliphatic imine (C=N–C) groups is 1. The molecule has 0 aromatic carbocycles. The minimum atomic E-state index is -4.54. The van der Waals surface area contributed by atoms with E-state index in [1.165, 1.54) is 29.3 Å². The number of carbonyl (C=O) groups is 2. The molecule has 1 aromatic heterocycles. The van der Waals surface area contributed by atoms with Crippen molar-refractivity contribution in [2.45, 2.75) is 38.4 Å². The highest BCUT2D eigenvalue weighted by molar-refractivity contribution is 6.00. The maximum Gasteiger partial charge on any atom is 0.405 e. The van der Waals surface area contributed by atoms with Crippen molar-refractivity contribution in [2.24, 2.45) is 4.99 Å². The van der Waals surface area contributed by atoms with Gasteiger partial charge >= 0.3 is 12.2 Å². The highest BCUT2D eigenvalue weighted by Gasteiger charge is 2.51. The number of urea groups is 1. The number of anilines is 2. The SMILES string of the molecule is C=C/C=C(\N=C/C)NC(=O)N1c2nc(C(=O)NCC(F)(F)F)ccc2N2CC[C@@]1(CC)C2. The maximum absolute atomic E-state index is 13.4. The van der Waals surface area contributed by atoms with Gasteiger partial charge in [0.1, 0.15) is 18.1 Å². The third kappa shape index (κ3) is 4.61. The molecule has 2 N–H and O–H groups in total. The first-order valence-electron chi connectivity index (χ1n) is 10.2. The molecule has 0 aliphatic carbocycles. The molecule has 8 nitrogen and oxygen atoms in total. The van der Waals surface area contributed by atoms with E-state index in [-0.39, 0.29) is 17.3 Å². The fraction of sp³-hybridized carbons (Fsp3) is 0.429. The molecule has 11 heteroatoms. The number of hydrogen-bond donors (Lipinski definition) is 2. The van der Waals surface area contributed by atoms with Crippen molar-refractivity contribution in [3.63, 3.8) is 0 Å². The van der Waals surface area contributed by atoms with Crippen LogP contribution in [0.15, 0.2) is 41.7 Å². The summed E-state index contributed by atoms with van der Waals surface area (Å²) >= 11 is 0. The van der Waals surface area contributed by atoms with Gasteiger partial charge in [-0.2, -0.15) is 13.2 Å². The number of rotatable bonds is 6. The standard InChI is InChI=1S/C21H25F3N6O2/c1-4-7-16(25-6-3)28-19(32)30-17-15(29-11-10-20(30,5-2)13-29)9-8-14(27-17)18(31)26-12-21(22,23)24/h4,6-9H,1,5,10-13H2,2-3H3,(H,26,31)(H,28,32)/b16-7+,25-6-/t20-/m0/s1. The van der Waals surface area contributed by atoms with Crippen LogP contribution in [0.1, 0.15) is 37.2 Å². The molecule has 3 heterocycles. The zero-order valence-electron chi connectivity index (χ0n) is 17.9. The van der Waals surface area contributed by atoms with Crippen molar-refractivity contribution in [2.75, 3.05) is 29.4 Å². The Morgan fingerprint density at radius 2 is 2.12 bits per heavy atom. The highest BCUT2D eigenvalue weighted by Crippen LogP contribution is 2.46. The van der Waals surface area contributed by atoms with Gasteiger partial charge in [-0.15, -0.1) is 0 Å². The molecular weight excluding hydrogens is 425 g/mol. The van der Waals surface area contributed by atoms with Gasteiger partial charge in [-0.25, -0.2) is 14.8 Å². The monoisotopic (exact) mass is 450 g/mol. The molecule has 1 atom stereocenters. The number of hydrogen-bond acceptors (Lipinski definition) is 5. The van der Waals surface area contributed by atoms with Crippen molar-refractivity contribution in [1.82, 2.24) is 15.6 Å². The van der Waals surface area contributed by atoms with Crippen molar-refractivity contribution in [3.05, 3.63) is 42.4 Å². The number of nitrogens with zero attached hydrogens (tertiary/aromatic N) is 4. The molecule has 1 fully saturated rings. The molecular formula is C21H25F3N6O2. The van der Waals surface area contributed by atoms with Crippen LogP contribution < -0.4 is 20.4 Å². The van der Waals surface area contributed by atoms with Crippen LogP contribution in [-0.2, 0) is 0 Å². The molecule has 1 saturated heterocycles. The largest absolute Gasteiger partial charge is 0.405 e. The molecule has 2 bridgehead atoms. The Balaban J connectivity index is 2.00. The molecule has 0 unspecified atom stereocenters. The number of amides is 3. The second-order valence-electron chi connectivity index (χ2n) is 7.53. The quantitative estimate of drug-likeness (QED) is 0.514. The normalized spacial score (nSPS) is 20.3. The van der Waals surface area contributed by atoms with Crippen LogP contribution in [0.5, 0.6) is 0 Å². The molecule has 32 heavy (non-hydrogen) atoms. The van der Waals surface area contributed by atoms with Crippen molar-refractivity contribution in [3.8, 4) is 0 Å². The fourth-order valence-corrected chi connectivity index (χ4v) is 4.01. The van der Waals surface area contributed by atoms with Gasteiger partial charge in [-0.1, -0.05) is 19.6 Å². The summed E-state index contributed by atoms with van der Waals surface area (Å²) in [4.78, 5) is 37.7. The van der Waals surface area contributed by atoms with Crippen LogP contribution in [-0.4, -0.2) is 54.5 Å². The molecule has 2 aliphatic rings. The van der Waals surface area contributed by atoms with Gasteiger partial charge in [0.05, 0.1) is 11.2 Å².